The van der Waals surface area contributed by atoms with E-state index in [0.29, 0.717) is 0 Å². The van der Waals surface area contributed by atoms with E-state index in [1.807, 2.05) is 13.0 Å². The Labute approximate surface area is 65.0 Å². The minimum absolute atomic E-state index is 0.0596. The van der Waals surface area contributed by atoms with Crippen LogP contribution in [0.4, 0.5) is 5.69 Å². The van der Waals surface area contributed by atoms with Crippen molar-refractivity contribution in [2.24, 2.45) is 5.73 Å². The highest BCUT2D eigenvalue weighted by molar-refractivity contribution is 5.89. The molecule has 0 aliphatic carbocycles. The van der Waals surface area contributed by atoms with Gasteiger partial charge in [0, 0.05) is 17.6 Å². The molecule has 11 heavy (non-hydrogen) atoms. The van der Waals surface area contributed by atoms with E-state index in [4.69, 9.17) is 11.1 Å². The lowest BCUT2D eigenvalue weighted by molar-refractivity contribution is 1.20. The summed E-state index contributed by atoms with van der Waals surface area (Å²) >= 11 is 0. The fourth-order valence-corrected chi connectivity index (χ4v) is 0.779. The Hall–Kier alpha value is -1.58. The number of guanidine groups is 1. The minimum Gasteiger partial charge on any atom is -0.370 e. The second-order valence-corrected chi connectivity index (χ2v) is 2.22. The zero-order chi connectivity index (χ0) is 8.27. The standard InChI is InChI=1S/C7H10N4/c1-5-4-6(2-3-10-5)11-7(8)9/h2-4H,1H3,(H4,8,9,10,11). The third kappa shape index (κ3) is 2.25. The first kappa shape index (κ1) is 7.53. The van der Waals surface area contributed by atoms with Crippen molar-refractivity contribution in [2.45, 2.75) is 6.92 Å². The van der Waals surface area contributed by atoms with Gasteiger partial charge in [0.1, 0.15) is 0 Å². The fourth-order valence-electron chi connectivity index (χ4n) is 0.779. The summed E-state index contributed by atoms with van der Waals surface area (Å²) in [6.07, 6.45) is 1.67. The number of aryl methyl sites for hydroxylation is 1. The van der Waals surface area contributed by atoms with Gasteiger partial charge in [-0.1, -0.05) is 0 Å². The van der Waals surface area contributed by atoms with Crippen LogP contribution in [0.2, 0.25) is 0 Å². The van der Waals surface area contributed by atoms with E-state index < -0.39 is 0 Å². The summed E-state index contributed by atoms with van der Waals surface area (Å²) in [6, 6.07) is 3.58. The molecule has 0 fully saturated rings. The van der Waals surface area contributed by atoms with Gasteiger partial charge in [-0.3, -0.25) is 10.4 Å². The highest BCUT2D eigenvalue weighted by Crippen LogP contribution is 2.05. The highest BCUT2D eigenvalue weighted by Gasteiger charge is 1.92. The SMILES string of the molecule is Cc1cc(NC(=N)N)ccn1. The van der Waals surface area contributed by atoms with E-state index in [1.165, 1.54) is 0 Å². The molecule has 0 radical (unpaired) electrons. The predicted molar refractivity (Wildman–Crippen MR) is 44.5 cm³/mol. The molecule has 58 valence electrons. The molecule has 0 atom stereocenters. The topological polar surface area (TPSA) is 74.8 Å². The van der Waals surface area contributed by atoms with Gasteiger partial charge in [0.25, 0.3) is 0 Å². The van der Waals surface area contributed by atoms with Crippen molar-refractivity contribution in [3.8, 4) is 0 Å². The average molecular weight is 150 g/mol. The number of aromatic nitrogens is 1. The lowest BCUT2D eigenvalue weighted by Gasteiger charge is -2.02. The molecule has 0 spiro atoms. The molecule has 0 aromatic carbocycles. The monoisotopic (exact) mass is 150 g/mol. The molecule has 0 saturated heterocycles. The number of pyridine rings is 1. The maximum absolute atomic E-state index is 6.95. The zero-order valence-electron chi connectivity index (χ0n) is 6.26. The number of rotatable bonds is 1. The molecular formula is C7H10N4. The molecule has 1 rings (SSSR count). The summed E-state index contributed by atoms with van der Waals surface area (Å²) in [4.78, 5) is 4.00. The van der Waals surface area contributed by atoms with Crippen LogP contribution < -0.4 is 11.1 Å². The highest BCUT2D eigenvalue weighted by atomic mass is 15.0. The molecule has 0 saturated carbocycles. The predicted octanol–water partition coefficient (Wildman–Crippen LogP) is 0.695. The van der Waals surface area contributed by atoms with Gasteiger partial charge in [0.15, 0.2) is 5.96 Å². The van der Waals surface area contributed by atoms with E-state index in [-0.39, 0.29) is 5.96 Å². The van der Waals surface area contributed by atoms with Gasteiger partial charge >= 0.3 is 0 Å². The normalized spacial score (nSPS) is 9.18. The number of hydrogen-bond donors (Lipinski definition) is 3. The van der Waals surface area contributed by atoms with E-state index in [9.17, 15) is 0 Å². The second-order valence-electron chi connectivity index (χ2n) is 2.22. The molecule has 4 heteroatoms. The van der Waals surface area contributed by atoms with Crippen LogP contribution in [0.25, 0.3) is 0 Å². The Morgan fingerprint density at radius 2 is 2.45 bits per heavy atom. The van der Waals surface area contributed by atoms with Crippen LogP contribution in [0.15, 0.2) is 18.3 Å². The van der Waals surface area contributed by atoms with Gasteiger partial charge < -0.3 is 11.1 Å². The summed E-state index contributed by atoms with van der Waals surface area (Å²) in [5.74, 6) is -0.0596. The van der Waals surface area contributed by atoms with Crippen LogP contribution in [0.1, 0.15) is 5.69 Å². The largest absolute Gasteiger partial charge is 0.370 e. The molecule has 0 unspecified atom stereocenters. The van der Waals surface area contributed by atoms with Gasteiger partial charge in [-0.25, -0.2) is 0 Å². The summed E-state index contributed by atoms with van der Waals surface area (Å²) in [5, 5.41) is 9.62. The Morgan fingerprint density at radius 1 is 1.73 bits per heavy atom. The minimum atomic E-state index is -0.0596. The van der Waals surface area contributed by atoms with Crippen molar-refractivity contribution in [2.75, 3.05) is 5.32 Å². The maximum atomic E-state index is 6.95. The second kappa shape index (κ2) is 3.01. The molecular weight excluding hydrogens is 140 g/mol. The van der Waals surface area contributed by atoms with E-state index >= 15 is 0 Å². The first-order valence-electron chi connectivity index (χ1n) is 3.22. The quantitative estimate of drug-likeness (QED) is 0.407. The smallest absolute Gasteiger partial charge is 0.190 e. The first-order valence-corrected chi connectivity index (χ1v) is 3.22. The number of nitrogens with one attached hydrogen (secondary N) is 2. The van der Waals surface area contributed by atoms with Crippen LogP contribution in [0.5, 0.6) is 0 Å². The van der Waals surface area contributed by atoms with Crippen LogP contribution in [0.3, 0.4) is 0 Å². The van der Waals surface area contributed by atoms with E-state index in [0.717, 1.165) is 11.4 Å². The summed E-state index contributed by atoms with van der Waals surface area (Å²) in [7, 11) is 0. The van der Waals surface area contributed by atoms with Crippen LogP contribution in [0, 0.1) is 12.3 Å². The molecule has 1 aromatic rings. The van der Waals surface area contributed by atoms with Crippen molar-refractivity contribution in [1.82, 2.24) is 4.98 Å². The third-order valence-electron chi connectivity index (χ3n) is 1.18. The summed E-state index contributed by atoms with van der Waals surface area (Å²) < 4.78 is 0. The summed E-state index contributed by atoms with van der Waals surface area (Å²) in [5.41, 5.74) is 6.82. The molecule has 0 amide bonds. The van der Waals surface area contributed by atoms with Crippen molar-refractivity contribution >= 4 is 11.6 Å². The van der Waals surface area contributed by atoms with Gasteiger partial charge in [-0.2, -0.15) is 0 Å². The Kier molecular flexibility index (Phi) is 2.06. The molecule has 1 heterocycles. The van der Waals surface area contributed by atoms with Crippen LogP contribution in [-0.2, 0) is 0 Å². The Balaban J connectivity index is 2.79. The molecule has 0 aliphatic rings. The number of nitrogens with two attached hydrogens (primary N) is 1. The zero-order valence-corrected chi connectivity index (χ0v) is 6.26. The van der Waals surface area contributed by atoms with Crippen molar-refractivity contribution in [1.29, 1.82) is 5.41 Å². The van der Waals surface area contributed by atoms with Gasteiger partial charge in [0.05, 0.1) is 0 Å². The Morgan fingerprint density at radius 3 is 3.00 bits per heavy atom. The van der Waals surface area contributed by atoms with Gasteiger partial charge in [-0.15, -0.1) is 0 Å². The molecule has 1 aromatic heterocycles. The first-order chi connectivity index (χ1) is 5.18. The fraction of sp³-hybridized carbons (Fsp3) is 0.143. The van der Waals surface area contributed by atoms with E-state index in [2.05, 4.69) is 10.3 Å². The molecule has 0 bridgehead atoms. The lowest BCUT2D eigenvalue weighted by Crippen LogP contribution is -2.20. The Bertz CT molecular complexity index is 269. The van der Waals surface area contributed by atoms with Crippen LogP contribution >= 0.6 is 0 Å². The van der Waals surface area contributed by atoms with Gasteiger partial charge in [0.2, 0.25) is 0 Å². The number of nitrogens with zero attached hydrogens (tertiary/aromatic N) is 1. The van der Waals surface area contributed by atoms with Crippen molar-refractivity contribution in [3.05, 3.63) is 24.0 Å². The van der Waals surface area contributed by atoms with Crippen LogP contribution in [-0.4, -0.2) is 10.9 Å². The van der Waals surface area contributed by atoms with Crippen molar-refractivity contribution < 1.29 is 0 Å². The van der Waals surface area contributed by atoms with Gasteiger partial charge in [-0.05, 0) is 19.1 Å². The molecule has 4 nitrogen and oxygen atoms in total. The lowest BCUT2D eigenvalue weighted by atomic mass is 10.3. The average Bonchev–Trinajstić information content (AvgIpc) is 1.85. The molecule has 0 aliphatic heterocycles. The van der Waals surface area contributed by atoms with Crippen molar-refractivity contribution in [3.63, 3.8) is 0 Å². The maximum Gasteiger partial charge on any atom is 0.190 e. The number of hydrogen-bond acceptors (Lipinski definition) is 2. The third-order valence-corrected chi connectivity index (χ3v) is 1.18. The van der Waals surface area contributed by atoms with E-state index in [1.54, 1.807) is 12.3 Å². The summed E-state index contributed by atoms with van der Waals surface area (Å²) in [6.45, 7) is 1.88. The number of anilines is 1. The molecule has 4 N–H and O–H groups in total.